The monoisotopic (exact) mass is 266 g/mol. The number of benzene rings is 2. The lowest BCUT2D eigenvalue weighted by atomic mass is 10.0. The Morgan fingerprint density at radius 2 is 1.65 bits per heavy atom. The van der Waals surface area contributed by atoms with E-state index in [1.165, 1.54) is 5.01 Å². The average molecular weight is 266 g/mol. The van der Waals surface area contributed by atoms with Gasteiger partial charge in [0.1, 0.15) is 0 Å². The van der Waals surface area contributed by atoms with Crippen molar-refractivity contribution in [3.05, 3.63) is 84.4 Å². The summed E-state index contributed by atoms with van der Waals surface area (Å²) in [4.78, 5) is 12.4. The van der Waals surface area contributed by atoms with Crippen LogP contribution in [0, 0.1) is 0 Å². The summed E-state index contributed by atoms with van der Waals surface area (Å²) in [5.41, 5.74) is 1.58. The Hall–Kier alpha value is -2.39. The van der Waals surface area contributed by atoms with Crippen LogP contribution < -0.4 is 5.84 Å². The summed E-state index contributed by atoms with van der Waals surface area (Å²) in [6.45, 7) is 3.75. The fraction of sp³-hybridized carbons (Fsp3) is 0.118. The number of hydrogen-bond acceptors (Lipinski definition) is 2. The van der Waals surface area contributed by atoms with Crippen LogP contribution in [0.3, 0.4) is 0 Å². The minimum atomic E-state index is -0.207. The molecule has 2 N–H and O–H groups in total. The Morgan fingerprint density at radius 1 is 1.10 bits per heavy atom. The summed E-state index contributed by atoms with van der Waals surface area (Å²) in [7, 11) is 0. The van der Waals surface area contributed by atoms with Crippen molar-refractivity contribution in [1.82, 2.24) is 5.01 Å². The van der Waals surface area contributed by atoms with E-state index in [0.717, 1.165) is 5.56 Å². The third-order valence-electron chi connectivity index (χ3n) is 3.17. The van der Waals surface area contributed by atoms with Gasteiger partial charge in [-0.15, -0.1) is 6.58 Å². The molecule has 0 aromatic heterocycles. The van der Waals surface area contributed by atoms with Gasteiger partial charge in [0.25, 0.3) is 5.91 Å². The van der Waals surface area contributed by atoms with Crippen LogP contribution in [0.25, 0.3) is 0 Å². The molecule has 0 aliphatic heterocycles. The van der Waals surface area contributed by atoms with E-state index in [1.54, 1.807) is 18.2 Å². The molecular formula is C17H18N2O. The molecule has 0 aliphatic carbocycles. The van der Waals surface area contributed by atoms with Gasteiger partial charge in [0.2, 0.25) is 0 Å². The standard InChI is InChI=1S/C17H18N2O/c1-2-9-16(14-10-5-3-6-11-14)19(18)17(20)15-12-7-4-8-13-15/h2-8,10-13,16H,1,9,18H2/t16-/m0/s1. The van der Waals surface area contributed by atoms with Crippen LogP contribution in [0.1, 0.15) is 28.4 Å². The number of rotatable bonds is 5. The molecule has 0 saturated heterocycles. The van der Waals surface area contributed by atoms with Gasteiger partial charge in [0, 0.05) is 5.56 Å². The molecule has 2 aromatic rings. The van der Waals surface area contributed by atoms with E-state index >= 15 is 0 Å². The Labute approximate surface area is 119 Å². The Kier molecular flexibility index (Phi) is 4.69. The first-order valence-corrected chi connectivity index (χ1v) is 6.53. The molecule has 1 amide bonds. The second-order valence-electron chi connectivity index (χ2n) is 4.53. The molecule has 0 saturated carbocycles. The highest BCUT2D eigenvalue weighted by molar-refractivity contribution is 5.94. The normalized spacial score (nSPS) is 11.7. The summed E-state index contributed by atoms with van der Waals surface area (Å²) >= 11 is 0. The second-order valence-corrected chi connectivity index (χ2v) is 4.53. The SMILES string of the molecule is C=CC[C@@H](c1ccccc1)N(N)C(=O)c1ccccc1. The molecule has 0 heterocycles. The van der Waals surface area contributed by atoms with Crippen molar-refractivity contribution >= 4 is 5.91 Å². The van der Waals surface area contributed by atoms with Crippen molar-refractivity contribution in [3.63, 3.8) is 0 Å². The van der Waals surface area contributed by atoms with Gasteiger partial charge in [-0.1, -0.05) is 54.6 Å². The van der Waals surface area contributed by atoms with Crippen LogP contribution in [0.15, 0.2) is 73.3 Å². The Morgan fingerprint density at radius 3 is 2.20 bits per heavy atom. The van der Waals surface area contributed by atoms with Crippen molar-refractivity contribution in [3.8, 4) is 0 Å². The Balaban J connectivity index is 2.26. The van der Waals surface area contributed by atoms with Crippen molar-refractivity contribution in [2.45, 2.75) is 12.5 Å². The van der Waals surface area contributed by atoms with E-state index in [1.807, 2.05) is 48.5 Å². The first-order valence-electron chi connectivity index (χ1n) is 6.53. The lowest BCUT2D eigenvalue weighted by Gasteiger charge is -2.27. The van der Waals surface area contributed by atoms with Crippen LogP contribution in [0.5, 0.6) is 0 Å². The zero-order valence-electron chi connectivity index (χ0n) is 11.3. The number of nitrogens with two attached hydrogens (primary N) is 1. The molecule has 20 heavy (non-hydrogen) atoms. The van der Waals surface area contributed by atoms with Gasteiger partial charge in [-0.25, -0.2) is 5.84 Å². The van der Waals surface area contributed by atoms with Gasteiger partial charge in [0.15, 0.2) is 0 Å². The maximum absolute atomic E-state index is 12.4. The highest BCUT2D eigenvalue weighted by atomic mass is 16.2. The largest absolute Gasteiger partial charge is 0.269 e. The van der Waals surface area contributed by atoms with Crippen LogP contribution in [-0.4, -0.2) is 10.9 Å². The fourth-order valence-electron chi connectivity index (χ4n) is 2.11. The van der Waals surface area contributed by atoms with Gasteiger partial charge in [-0.3, -0.25) is 9.80 Å². The number of nitrogens with zero attached hydrogens (tertiary/aromatic N) is 1. The van der Waals surface area contributed by atoms with Gasteiger partial charge in [-0.2, -0.15) is 0 Å². The Bertz CT molecular complexity index is 566. The molecule has 2 aromatic carbocycles. The fourth-order valence-corrected chi connectivity index (χ4v) is 2.11. The van der Waals surface area contributed by atoms with E-state index in [9.17, 15) is 4.79 Å². The molecule has 0 radical (unpaired) electrons. The maximum atomic E-state index is 12.4. The van der Waals surface area contributed by atoms with Gasteiger partial charge >= 0.3 is 0 Å². The van der Waals surface area contributed by atoms with E-state index in [-0.39, 0.29) is 11.9 Å². The molecule has 0 fully saturated rings. The third-order valence-corrected chi connectivity index (χ3v) is 3.17. The predicted molar refractivity (Wildman–Crippen MR) is 80.8 cm³/mol. The number of hydrogen-bond donors (Lipinski definition) is 1. The molecule has 0 aliphatic rings. The maximum Gasteiger partial charge on any atom is 0.268 e. The molecule has 0 unspecified atom stereocenters. The molecule has 2 rings (SSSR count). The first-order chi connectivity index (χ1) is 9.74. The second kappa shape index (κ2) is 6.68. The van der Waals surface area contributed by atoms with E-state index in [2.05, 4.69) is 6.58 Å². The predicted octanol–water partition coefficient (Wildman–Crippen LogP) is 3.32. The van der Waals surface area contributed by atoms with Gasteiger partial charge in [0.05, 0.1) is 6.04 Å². The number of carbonyl (C=O) groups excluding carboxylic acids is 1. The zero-order chi connectivity index (χ0) is 14.4. The van der Waals surface area contributed by atoms with Crippen molar-refractivity contribution in [2.75, 3.05) is 0 Å². The zero-order valence-corrected chi connectivity index (χ0v) is 11.3. The number of amides is 1. The van der Waals surface area contributed by atoms with Gasteiger partial charge in [-0.05, 0) is 24.1 Å². The van der Waals surface area contributed by atoms with Gasteiger partial charge < -0.3 is 0 Å². The molecule has 3 nitrogen and oxygen atoms in total. The molecule has 3 heteroatoms. The summed E-state index contributed by atoms with van der Waals surface area (Å²) in [6, 6.07) is 18.6. The smallest absolute Gasteiger partial charge is 0.268 e. The van der Waals surface area contributed by atoms with Crippen LogP contribution in [0.4, 0.5) is 0 Å². The minimum absolute atomic E-state index is 0.193. The van der Waals surface area contributed by atoms with Crippen molar-refractivity contribution in [1.29, 1.82) is 0 Å². The minimum Gasteiger partial charge on any atom is -0.269 e. The summed E-state index contributed by atoms with van der Waals surface area (Å²) in [6.07, 6.45) is 2.38. The third kappa shape index (κ3) is 3.13. The lowest BCUT2D eigenvalue weighted by molar-refractivity contribution is 0.0676. The lowest BCUT2D eigenvalue weighted by Crippen LogP contribution is -2.40. The topological polar surface area (TPSA) is 46.3 Å². The quantitative estimate of drug-likeness (QED) is 0.390. The summed E-state index contributed by atoms with van der Waals surface area (Å²) < 4.78 is 0. The van der Waals surface area contributed by atoms with Crippen LogP contribution >= 0.6 is 0 Å². The van der Waals surface area contributed by atoms with E-state index < -0.39 is 0 Å². The molecule has 1 atom stereocenters. The van der Waals surface area contributed by atoms with Crippen LogP contribution in [0.2, 0.25) is 0 Å². The van der Waals surface area contributed by atoms with E-state index in [4.69, 9.17) is 5.84 Å². The molecule has 0 spiro atoms. The molecule has 102 valence electrons. The summed E-state index contributed by atoms with van der Waals surface area (Å²) in [5.74, 6) is 5.85. The summed E-state index contributed by atoms with van der Waals surface area (Å²) in [5, 5.41) is 1.28. The first kappa shape index (κ1) is 14.0. The highest BCUT2D eigenvalue weighted by Gasteiger charge is 2.22. The number of hydrazine groups is 1. The highest BCUT2D eigenvalue weighted by Crippen LogP contribution is 2.23. The van der Waals surface area contributed by atoms with E-state index in [0.29, 0.717) is 12.0 Å². The molecular weight excluding hydrogens is 248 g/mol. The average Bonchev–Trinajstić information content (AvgIpc) is 2.53. The van der Waals surface area contributed by atoms with Crippen LogP contribution in [-0.2, 0) is 0 Å². The van der Waals surface area contributed by atoms with Crippen molar-refractivity contribution < 1.29 is 4.79 Å². The number of carbonyl (C=O) groups is 1. The molecule has 0 bridgehead atoms. The van der Waals surface area contributed by atoms with Crippen molar-refractivity contribution in [2.24, 2.45) is 5.84 Å².